The summed E-state index contributed by atoms with van der Waals surface area (Å²) in [5, 5.41) is 9.69. The van der Waals surface area contributed by atoms with Gasteiger partial charge in [0.25, 0.3) is 5.60 Å². The molecule has 1 amide bonds. The van der Waals surface area contributed by atoms with Crippen LogP contribution in [0.25, 0.3) is 0 Å². The first-order valence-electron chi connectivity index (χ1n) is 11.9. The van der Waals surface area contributed by atoms with Gasteiger partial charge in [-0.2, -0.15) is 26.3 Å². The number of sulfone groups is 1. The lowest BCUT2D eigenvalue weighted by Crippen LogP contribution is -2.54. The van der Waals surface area contributed by atoms with Gasteiger partial charge in [-0.05, 0) is 48.6 Å². The van der Waals surface area contributed by atoms with Crippen LogP contribution in [-0.2, 0) is 29.7 Å². The van der Waals surface area contributed by atoms with Crippen molar-refractivity contribution >= 4 is 15.7 Å². The molecule has 0 atom stereocenters. The Bertz CT molecular complexity index is 1280. The van der Waals surface area contributed by atoms with Crippen LogP contribution in [0, 0.1) is 11.7 Å². The Morgan fingerprint density at radius 2 is 1.44 bits per heavy atom. The van der Waals surface area contributed by atoms with Crippen molar-refractivity contribution in [1.29, 1.82) is 0 Å². The van der Waals surface area contributed by atoms with Crippen LogP contribution in [0.5, 0.6) is 0 Å². The number of hydrogen-bond acceptors (Lipinski definition) is 5. The molecule has 0 aromatic heterocycles. The highest BCUT2D eigenvalue weighted by molar-refractivity contribution is 7.92. The summed E-state index contributed by atoms with van der Waals surface area (Å²) in [6, 6.07) is 6.24. The Morgan fingerprint density at radius 1 is 0.923 bits per heavy atom. The molecule has 1 heterocycles. The summed E-state index contributed by atoms with van der Waals surface area (Å²) in [6.45, 7) is 1.45. The van der Waals surface area contributed by atoms with Crippen LogP contribution >= 0.6 is 0 Å². The Kier molecular flexibility index (Phi) is 7.54. The normalized spacial score (nSPS) is 22.9. The number of halogens is 7. The fraction of sp³-hybridized carbons (Fsp3) is 0.480. The number of aliphatic hydroxyl groups is 1. The second kappa shape index (κ2) is 10.0. The van der Waals surface area contributed by atoms with E-state index >= 15 is 0 Å². The van der Waals surface area contributed by atoms with Crippen LogP contribution in [0.4, 0.5) is 30.7 Å². The number of benzene rings is 2. The predicted molar refractivity (Wildman–Crippen MR) is 122 cm³/mol. The zero-order valence-electron chi connectivity index (χ0n) is 20.2. The van der Waals surface area contributed by atoms with E-state index in [0.717, 1.165) is 36.4 Å². The van der Waals surface area contributed by atoms with Gasteiger partial charge < -0.3 is 14.7 Å². The Morgan fingerprint density at radius 3 is 1.92 bits per heavy atom. The molecule has 1 saturated carbocycles. The van der Waals surface area contributed by atoms with Gasteiger partial charge in [0.05, 0.1) is 18.1 Å². The van der Waals surface area contributed by atoms with Crippen LogP contribution < -0.4 is 0 Å². The van der Waals surface area contributed by atoms with Crippen molar-refractivity contribution in [2.24, 2.45) is 5.92 Å². The lowest BCUT2D eigenvalue weighted by Gasteiger charge is -2.47. The topological polar surface area (TPSA) is 83.9 Å². The molecule has 1 aliphatic carbocycles. The highest BCUT2D eigenvalue weighted by Gasteiger charge is 2.71. The second-order valence-corrected chi connectivity index (χ2v) is 12.0. The van der Waals surface area contributed by atoms with Crippen molar-refractivity contribution in [2.75, 3.05) is 26.3 Å². The monoisotopic (exact) mass is 583 g/mol. The molecule has 0 spiro atoms. The molecule has 2 aromatic rings. The molecular weight excluding hydrogens is 559 g/mol. The summed E-state index contributed by atoms with van der Waals surface area (Å²) < 4.78 is 124. The molecule has 1 N–H and O–H groups in total. The molecule has 1 saturated heterocycles. The van der Waals surface area contributed by atoms with E-state index in [2.05, 4.69) is 0 Å². The summed E-state index contributed by atoms with van der Waals surface area (Å²) in [7, 11) is -4.35. The summed E-state index contributed by atoms with van der Waals surface area (Å²) in [6.07, 6.45) is -12.5. The van der Waals surface area contributed by atoms with E-state index in [1.54, 1.807) is 4.90 Å². The first-order valence-corrected chi connectivity index (χ1v) is 13.3. The molecule has 214 valence electrons. The van der Waals surface area contributed by atoms with Crippen molar-refractivity contribution < 1.29 is 53.8 Å². The zero-order valence-corrected chi connectivity index (χ0v) is 21.0. The van der Waals surface area contributed by atoms with Gasteiger partial charge in [-0.25, -0.2) is 12.8 Å². The minimum atomic E-state index is -6.11. The predicted octanol–water partition coefficient (Wildman–Crippen LogP) is 4.47. The van der Waals surface area contributed by atoms with Crippen molar-refractivity contribution in [1.82, 2.24) is 4.90 Å². The number of morpholine rings is 1. The fourth-order valence-corrected chi connectivity index (χ4v) is 7.46. The van der Waals surface area contributed by atoms with Crippen LogP contribution in [0.15, 0.2) is 53.4 Å². The van der Waals surface area contributed by atoms with Crippen molar-refractivity contribution in [3.63, 3.8) is 0 Å². The number of rotatable bonds is 6. The lowest BCUT2D eigenvalue weighted by molar-refractivity contribution is -0.376. The van der Waals surface area contributed by atoms with Gasteiger partial charge in [0.15, 0.2) is 9.84 Å². The molecule has 2 aromatic carbocycles. The van der Waals surface area contributed by atoms with E-state index in [0.29, 0.717) is 38.4 Å². The van der Waals surface area contributed by atoms with Crippen LogP contribution in [0.3, 0.4) is 0 Å². The quantitative estimate of drug-likeness (QED) is 0.401. The first kappa shape index (κ1) is 29.3. The minimum absolute atomic E-state index is 0.0132. The smallest absolute Gasteiger partial charge is 0.378 e. The highest BCUT2D eigenvalue weighted by atomic mass is 32.2. The minimum Gasteiger partial charge on any atom is -0.378 e. The van der Waals surface area contributed by atoms with E-state index < -0.39 is 49.8 Å². The Hall–Kier alpha value is -2.71. The highest BCUT2D eigenvalue weighted by Crippen LogP contribution is 2.56. The number of hydrogen-bond donors (Lipinski definition) is 1. The van der Waals surface area contributed by atoms with Crippen LogP contribution in [0.2, 0.25) is 0 Å². The van der Waals surface area contributed by atoms with E-state index in [1.165, 1.54) is 0 Å². The number of carbonyl (C=O) groups is 1. The fourth-order valence-electron chi connectivity index (χ4n) is 5.16. The number of carbonyl (C=O) groups excluding carboxylic acids is 1. The third-order valence-corrected chi connectivity index (χ3v) is 9.84. The average molecular weight is 584 g/mol. The lowest BCUT2D eigenvalue weighted by atomic mass is 9.68. The van der Waals surface area contributed by atoms with Gasteiger partial charge in [-0.3, -0.25) is 4.79 Å². The molecule has 0 unspecified atom stereocenters. The standard InChI is InChI=1S/C25H24F7NO5S/c26-19-5-7-20(8-6-19)39(36,37)22(14-16(15-22)13-21(34)33-9-11-38-12-10-33)17-1-3-18(4-2-17)23(35,24(27,28)29)25(30,31)32/h1-8,16,35H,9-15H2. The van der Waals surface area contributed by atoms with Gasteiger partial charge in [0, 0.05) is 25.1 Å². The van der Waals surface area contributed by atoms with Gasteiger partial charge in [-0.1, -0.05) is 24.3 Å². The molecule has 2 fully saturated rings. The summed E-state index contributed by atoms with van der Waals surface area (Å²) in [5.41, 5.74) is -6.81. The number of ether oxygens (including phenoxy) is 1. The maximum Gasteiger partial charge on any atom is 0.430 e. The summed E-state index contributed by atoms with van der Waals surface area (Å²) >= 11 is 0. The van der Waals surface area contributed by atoms with Crippen molar-refractivity contribution in [3.05, 3.63) is 65.5 Å². The first-order chi connectivity index (χ1) is 18.0. The molecule has 6 nitrogen and oxygen atoms in total. The van der Waals surface area contributed by atoms with E-state index in [-0.39, 0.29) is 35.6 Å². The SMILES string of the molecule is O=C(CC1CC(c2ccc(C(O)(C(F)(F)F)C(F)(F)F)cc2)(S(=O)(=O)c2ccc(F)cc2)C1)N1CCOCC1. The van der Waals surface area contributed by atoms with Gasteiger partial charge in [0.1, 0.15) is 10.6 Å². The molecule has 39 heavy (non-hydrogen) atoms. The second-order valence-electron chi connectivity index (χ2n) is 9.71. The molecule has 14 heteroatoms. The largest absolute Gasteiger partial charge is 0.430 e. The maximum atomic E-state index is 13.7. The van der Waals surface area contributed by atoms with Gasteiger partial charge in [-0.15, -0.1) is 0 Å². The zero-order chi connectivity index (χ0) is 28.9. The third-order valence-electron chi connectivity index (χ3n) is 7.35. The number of amides is 1. The van der Waals surface area contributed by atoms with E-state index in [4.69, 9.17) is 4.74 Å². The van der Waals surface area contributed by atoms with E-state index in [9.17, 15) is 49.1 Å². The number of nitrogens with zero attached hydrogens (tertiary/aromatic N) is 1. The van der Waals surface area contributed by atoms with Crippen LogP contribution in [0.1, 0.15) is 30.4 Å². The summed E-state index contributed by atoms with van der Waals surface area (Å²) in [4.78, 5) is 14.0. The number of alkyl halides is 6. The summed E-state index contributed by atoms with van der Waals surface area (Å²) in [5.74, 6) is -1.39. The Labute approximate surface area is 219 Å². The van der Waals surface area contributed by atoms with E-state index in [1.807, 2.05) is 0 Å². The van der Waals surface area contributed by atoms with Crippen LogP contribution in [-0.4, -0.2) is 63.0 Å². The van der Waals surface area contributed by atoms with Gasteiger partial charge in [0.2, 0.25) is 5.91 Å². The third kappa shape index (κ3) is 5.02. The maximum absolute atomic E-state index is 13.7. The molecular formula is C25H24F7NO5S. The Balaban J connectivity index is 1.70. The van der Waals surface area contributed by atoms with Crippen molar-refractivity contribution in [2.45, 2.75) is 46.9 Å². The molecule has 4 rings (SSSR count). The van der Waals surface area contributed by atoms with Gasteiger partial charge >= 0.3 is 12.4 Å². The van der Waals surface area contributed by atoms with Crippen molar-refractivity contribution in [3.8, 4) is 0 Å². The molecule has 0 bridgehead atoms. The molecule has 0 radical (unpaired) electrons. The molecule has 2 aliphatic rings. The molecule has 1 aliphatic heterocycles. The average Bonchev–Trinajstić information content (AvgIpc) is 2.84.